The van der Waals surface area contributed by atoms with E-state index in [1.807, 2.05) is 0 Å². The molecule has 1 aromatic carbocycles. The Morgan fingerprint density at radius 1 is 1.25 bits per heavy atom. The smallest absolute Gasteiger partial charge is 0.344 e. The van der Waals surface area contributed by atoms with Gasteiger partial charge in [0.1, 0.15) is 11.2 Å². The molecule has 0 amide bonds. The molecule has 1 N–H and O–H groups in total. The van der Waals surface area contributed by atoms with Crippen LogP contribution in [0.1, 0.15) is 13.8 Å². The molecule has 8 heteroatoms. The second-order valence-electron chi connectivity index (χ2n) is 3.93. The summed E-state index contributed by atoms with van der Waals surface area (Å²) in [6, 6.07) is 6.36. The summed E-state index contributed by atoms with van der Waals surface area (Å²) in [7, 11) is -5.34. The van der Waals surface area contributed by atoms with Gasteiger partial charge >= 0.3 is 7.60 Å². The lowest BCUT2D eigenvalue weighted by Crippen LogP contribution is -2.10. The number of hydrogen-bond acceptors (Lipinski definition) is 6. The van der Waals surface area contributed by atoms with Gasteiger partial charge in [0.15, 0.2) is 0 Å². The van der Waals surface area contributed by atoms with E-state index >= 15 is 0 Å². The zero-order valence-electron chi connectivity index (χ0n) is 11.8. The lowest BCUT2D eigenvalue weighted by atomic mass is 10.3. The van der Waals surface area contributed by atoms with E-state index in [4.69, 9.17) is 18.6 Å². The molecule has 0 aliphatic rings. The molecule has 0 bridgehead atoms. The van der Waals surface area contributed by atoms with Crippen LogP contribution < -0.4 is 4.74 Å². The fourth-order valence-electron chi connectivity index (χ4n) is 1.61. The van der Waals surface area contributed by atoms with Crippen LogP contribution in [0.3, 0.4) is 0 Å². The molecule has 1 unspecified atom stereocenters. The average molecular weight is 321 g/mol. The molecule has 0 aromatic heterocycles. The van der Waals surface area contributed by atoms with Crippen LogP contribution >= 0.6 is 7.60 Å². The number of hydrogen-bond donors (Lipinski definition) is 1. The van der Waals surface area contributed by atoms with Gasteiger partial charge < -0.3 is 13.8 Å². The molecule has 1 aromatic rings. The lowest BCUT2D eigenvalue weighted by molar-refractivity contribution is 0.224. The second kappa shape index (κ2) is 7.22. The largest absolute Gasteiger partial charge is 0.497 e. The summed E-state index contributed by atoms with van der Waals surface area (Å²) in [6.45, 7) is 3.68. The molecule has 114 valence electrons. The van der Waals surface area contributed by atoms with E-state index in [1.165, 1.54) is 13.2 Å². The van der Waals surface area contributed by atoms with Crippen LogP contribution in [0.25, 0.3) is 0 Å². The van der Waals surface area contributed by atoms with E-state index in [-0.39, 0.29) is 18.1 Å². The van der Waals surface area contributed by atoms with Crippen LogP contribution in [-0.2, 0) is 23.3 Å². The Balaban J connectivity index is 3.06. The van der Waals surface area contributed by atoms with Crippen molar-refractivity contribution in [3.8, 4) is 5.75 Å². The Morgan fingerprint density at radius 3 is 2.35 bits per heavy atom. The number of nitrogens with one attached hydrogen (secondary N) is 1. The maximum absolute atomic E-state index is 12.5. The molecule has 1 atom stereocenters. The van der Waals surface area contributed by atoms with E-state index in [9.17, 15) is 8.77 Å². The summed E-state index contributed by atoms with van der Waals surface area (Å²) in [5.41, 5.74) is -0.463. The molecular weight excluding hydrogens is 301 g/mol. The van der Waals surface area contributed by atoms with Gasteiger partial charge in [-0.3, -0.25) is 4.57 Å². The van der Waals surface area contributed by atoms with E-state index in [1.54, 1.807) is 32.0 Å². The van der Waals surface area contributed by atoms with Crippen LogP contribution in [0.15, 0.2) is 29.2 Å². The highest BCUT2D eigenvalue weighted by Crippen LogP contribution is 2.50. The predicted molar refractivity (Wildman–Crippen MR) is 77.8 cm³/mol. The topological polar surface area (TPSA) is 85.7 Å². The van der Waals surface area contributed by atoms with Crippen LogP contribution in [0.5, 0.6) is 5.75 Å². The van der Waals surface area contributed by atoms with Crippen molar-refractivity contribution in [3.05, 3.63) is 24.3 Å². The van der Waals surface area contributed by atoms with Gasteiger partial charge in [0.2, 0.25) is 0 Å². The Bertz CT molecular complexity index is 577. The van der Waals surface area contributed by atoms with Gasteiger partial charge in [-0.2, -0.15) is 0 Å². The van der Waals surface area contributed by atoms with Crippen molar-refractivity contribution in [2.45, 2.75) is 18.7 Å². The quantitative estimate of drug-likeness (QED) is 0.742. The summed E-state index contributed by atoms with van der Waals surface area (Å²) in [4.78, 5) is 0.247. The van der Waals surface area contributed by atoms with Crippen molar-refractivity contribution >= 4 is 17.3 Å². The molecule has 0 spiro atoms. The van der Waals surface area contributed by atoms with Crippen LogP contribution in [0, 0.1) is 4.78 Å². The fourth-order valence-corrected chi connectivity index (χ4v) is 6.05. The van der Waals surface area contributed by atoms with Crippen LogP contribution in [0.4, 0.5) is 0 Å². The molecule has 0 saturated carbocycles. The second-order valence-corrected chi connectivity index (χ2v) is 8.52. The number of benzene rings is 1. The Hall–Kier alpha value is -0.880. The summed E-state index contributed by atoms with van der Waals surface area (Å²) >= 11 is 0. The summed E-state index contributed by atoms with van der Waals surface area (Å²) < 4.78 is 48.1. The van der Waals surface area contributed by atoms with Crippen LogP contribution in [-0.4, -0.2) is 30.0 Å². The maximum atomic E-state index is 12.5. The molecule has 1 rings (SSSR count). The normalized spacial score (nSPS) is 14.8. The molecule has 0 saturated heterocycles. The number of ether oxygens (including phenoxy) is 1. The van der Waals surface area contributed by atoms with Crippen molar-refractivity contribution < 1.29 is 22.6 Å². The van der Waals surface area contributed by atoms with Gasteiger partial charge in [-0.1, -0.05) is 6.07 Å². The zero-order chi connectivity index (χ0) is 15.2. The van der Waals surface area contributed by atoms with E-state index in [0.717, 1.165) is 0 Å². The standard InChI is InChI=1S/C12H20NO5PS/c1-4-17-19(14,18-5-2)10-20(13,15)12-8-6-7-11(9-12)16-3/h6-9,13H,4-5,10H2,1-3H3. The van der Waals surface area contributed by atoms with E-state index in [0.29, 0.717) is 5.75 Å². The first-order valence-corrected chi connectivity index (χ1v) is 9.61. The van der Waals surface area contributed by atoms with Crippen molar-refractivity contribution in [3.63, 3.8) is 0 Å². The molecule has 20 heavy (non-hydrogen) atoms. The van der Waals surface area contributed by atoms with Crippen molar-refractivity contribution in [1.29, 1.82) is 4.78 Å². The molecular formula is C12H20NO5PS. The van der Waals surface area contributed by atoms with Gasteiger partial charge in [0, 0.05) is 0 Å². The van der Waals surface area contributed by atoms with Gasteiger partial charge in [-0.25, -0.2) is 8.99 Å². The predicted octanol–water partition coefficient (Wildman–Crippen LogP) is 3.32. The first kappa shape index (κ1) is 17.2. The van der Waals surface area contributed by atoms with Gasteiger partial charge in [-0.15, -0.1) is 0 Å². The highest BCUT2D eigenvalue weighted by molar-refractivity contribution is 7.98. The third kappa shape index (κ3) is 4.59. The van der Waals surface area contributed by atoms with Gasteiger partial charge in [0.25, 0.3) is 0 Å². The van der Waals surface area contributed by atoms with Crippen LogP contribution in [0.2, 0.25) is 0 Å². The minimum Gasteiger partial charge on any atom is -0.497 e. The van der Waals surface area contributed by atoms with E-state index in [2.05, 4.69) is 0 Å². The third-order valence-corrected chi connectivity index (χ3v) is 7.45. The Kier molecular flexibility index (Phi) is 6.20. The summed E-state index contributed by atoms with van der Waals surface area (Å²) in [6.07, 6.45) is 0. The summed E-state index contributed by atoms with van der Waals surface area (Å²) in [5, 5.41) is 0. The van der Waals surface area contributed by atoms with Crippen molar-refractivity contribution in [2.75, 3.05) is 25.8 Å². The average Bonchev–Trinajstić information content (AvgIpc) is 2.38. The fraction of sp³-hybridized carbons (Fsp3) is 0.500. The van der Waals surface area contributed by atoms with Crippen molar-refractivity contribution in [1.82, 2.24) is 0 Å². The molecule has 0 radical (unpaired) electrons. The Morgan fingerprint density at radius 2 is 1.85 bits per heavy atom. The minimum absolute atomic E-state index is 0.172. The number of methoxy groups -OCH3 is 1. The lowest BCUT2D eigenvalue weighted by Gasteiger charge is -2.18. The highest BCUT2D eigenvalue weighted by atomic mass is 32.2. The minimum atomic E-state index is -3.53. The first-order chi connectivity index (χ1) is 9.37. The van der Waals surface area contributed by atoms with E-state index < -0.39 is 22.8 Å². The first-order valence-electron chi connectivity index (χ1n) is 6.15. The maximum Gasteiger partial charge on any atom is 0.344 e. The van der Waals surface area contributed by atoms with Crippen molar-refractivity contribution in [2.24, 2.45) is 0 Å². The molecule has 6 nitrogen and oxygen atoms in total. The highest BCUT2D eigenvalue weighted by Gasteiger charge is 2.30. The monoisotopic (exact) mass is 321 g/mol. The third-order valence-electron chi connectivity index (χ3n) is 2.41. The molecule has 0 aliphatic carbocycles. The number of rotatable bonds is 8. The van der Waals surface area contributed by atoms with Gasteiger partial charge in [0.05, 0.1) is 34.9 Å². The summed E-state index contributed by atoms with van der Waals surface area (Å²) in [5.74, 6) is 0.491. The zero-order valence-corrected chi connectivity index (χ0v) is 13.5. The van der Waals surface area contributed by atoms with Gasteiger partial charge in [-0.05, 0) is 32.0 Å². The SMILES string of the molecule is CCOP(=O)(CS(=N)(=O)c1cccc(OC)c1)OCC. The molecule has 0 fully saturated rings. The molecule has 0 aliphatic heterocycles. The Labute approximate surface area is 119 Å². The molecule has 0 heterocycles.